The highest BCUT2D eigenvalue weighted by Crippen LogP contribution is 2.30. The Hall–Kier alpha value is -1.55. The van der Waals surface area contributed by atoms with E-state index in [1.165, 1.54) is 11.8 Å². The van der Waals surface area contributed by atoms with Gasteiger partial charge in [0.1, 0.15) is 0 Å². The molecule has 2 heterocycles. The number of halogens is 2. The predicted octanol–water partition coefficient (Wildman–Crippen LogP) is 4.29. The Bertz CT molecular complexity index is 1080. The number of rotatable bonds is 7. The van der Waals surface area contributed by atoms with E-state index in [4.69, 9.17) is 33.7 Å². The van der Waals surface area contributed by atoms with Crippen molar-refractivity contribution in [3.05, 3.63) is 52.0 Å². The minimum atomic E-state index is -0.0455. The lowest BCUT2D eigenvalue weighted by Gasteiger charge is -2.33. The normalized spacial score (nSPS) is 17.2. The first kappa shape index (κ1) is 22.6. The summed E-state index contributed by atoms with van der Waals surface area (Å²) in [5.41, 5.74) is 8.53. The molecule has 1 aliphatic heterocycles. The van der Waals surface area contributed by atoms with Crippen molar-refractivity contribution in [3.63, 3.8) is 0 Å². The van der Waals surface area contributed by atoms with Crippen LogP contribution in [0.1, 0.15) is 5.56 Å². The van der Waals surface area contributed by atoms with Crippen LogP contribution in [0.5, 0.6) is 0 Å². The van der Waals surface area contributed by atoms with Gasteiger partial charge in [-0.25, -0.2) is 4.98 Å². The van der Waals surface area contributed by atoms with Gasteiger partial charge in [-0.2, -0.15) is 0 Å². The van der Waals surface area contributed by atoms with E-state index in [1.807, 2.05) is 36.4 Å². The molecule has 164 valence electrons. The highest BCUT2D eigenvalue weighted by molar-refractivity contribution is 8.01. The van der Waals surface area contributed by atoms with Crippen LogP contribution in [0, 0.1) is 0 Å². The van der Waals surface area contributed by atoms with Crippen molar-refractivity contribution in [3.8, 4) is 0 Å². The molecule has 1 fully saturated rings. The maximum Gasteiger partial charge on any atom is 0.230 e. The standard InChI is InChI=1S/C21H22Cl2N4O2S2/c22-16-3-1-13(7-17(16)23)10-27-5-6-29-15(11-27)9-25-20(28)12-30-21-26-18-4-2-14(24)8-19(18)31-21/h1-4,7-8,15H,5-6,9-12,24H2,(H,25,28)/t15-/m0/s1. The van der Waals surface area contributed by atoms with Gasteiger partial charge in [-0.05, 0) is 35.9 Å². The average molecular weight is 497 g/mol. The molecule has 1 atom stereocenters. The van der Waals surface area contributed by atoms with Crippen LogP contribution in [0.15, 0.2) is 40.7 Å². The highest BCUT2D eigenvalue weighted by Gasteiger charge is 2.21. The Morgan fingerprint density at radius 2 is 2.16 bits per heavy atom. The Morgan fingerprint density at radius 1 is 1.29 bits per heavy atom. The number of amides is 1. The number of carbonyl (C=O) groups excluding carboxylic acids is 1. The molecule has 1 saturated heterocycles. The number of benzene rings is 2. The third-order valence-corrected chi connectivity index (χ3v) is 7.76. The molecule has 6 nitrogen and oxygen atoms in total. The summed E-state index contributed by atoms with van der Waals surface area (Å²) in [6, 6.07) is 11.3. The van der Waals surface area contributed by atoms with Crippen molar-refractivity contribution in [2.75, 3.05) is 37.7 Å². The number of anilines is 1. The van der Waals surface area contributed by atoms with Crippen LogP contribution in [0.2, 0.25) is 10.0 Å². The third-order valence-electron chi connectivity index (χ3n) is 4.86. The Kier molecular flexibility index (Phi) is 7.58. The smallest absolute Gasteiger partial charge is 0.230 e. The molecule has 1 aliphatic rings. The first-order valence-corrected chi connectivity index (χ1v) is 12.4. The molecule has 31 heavy (non-hydrogen) atoms. The topological polar surface area (TPSA) is 80.5 Å². The monoisotopic (exact) mass is 496 g/mol. The van der Waals surface area contributed by atoms with Crippen molar-refractivity contribution in [1.82, 2.24) is 15.2 Å². The van der Waals surface area contributed by atoms with Gasteiger partial charge in [-0.15, -0.1) is 11.3 Å². The van der Waals surface area contributed by atoms with Gasteiger partial charge in [0.15, 0.2) is 4.34 Å². The van der Waals surface area contributed by atoms with Gasteiger partial charge in [-0.1, -0.05) is 41.0 Å². The summed E-state index contributed by atoms with van der Waals surface area (Å²) in [6.45, 7) is 3.46. The van der Waals surface area contributed by atoms with Crippen LogP contribution >= 0.6 is 46.3 Å². The van der Waals surface area contributed by atoms with E-state index in [9.17, 15) is 4.79 Å². The fourth-order valence-electron chi connectivity index (χ4n) is 3.33. The number of aromatic nitrogens is 1. The molecule has 0 bridgehead atoms. The molecule has 1 amide bonds. The first-order chi connectivity index (χ1) is 15.0. The summed E-state index contributed by atoms with van der Waals surface area (Å²) in [4.78, 5) is 19.1. The molecule has 10 heteroatoms. The SMILES string of the molecule is Nc1ccc2nc(SCC(=O)NC[C@H]3CN(Cc4ccc(Cl)c(Cl)c4)CCO3)sc2c1. The average Bonchev–Trinajstić information content (AvgIpc) is 3.16. The van der Waals surface area contributed by atoms with Crippen LogP contribution < -0.4 is 11.1 Å². The molecular formula is C21H22Cl2N4O2S2. The fourth-order valence-corrected chi connectivity index (χ4v) is 5.60. The van der Waals surface area contributed by atoms with E-state index < -0.39 is 0 Å². The number of nitrogens with two attached hydrogens (primary N) is 1. The highest BCUT2D eigenvalue weighted by atomic mass is 35.5. The van der Waals surface area contributed by atoms with Crippen molar-refractivity contribution in [1.29, 1.82) is 0 Å². The molecule has 0 aliphatic carbocycles. The second-order valence-corrected chi connectivity index (χ2v) is 10.3. The van der Waals surface area contributed by atoms with E-state index >= 15 is 0 Å². The van der Waals surface area contributed by atoms with Gasteiger partial charge in [-0.3, -0.25) is 9.69 Å². The number of nitrogens with zero attached hydrogens (tertiary/aromatic N) is 2. The minimum Gasteiger partial charge on any atom is -0.399 e. The zero-order valence-electron chi connectivity index (χ0n) is 16.6. The largest absolute Gasteiger partial charge is 0.399 e. The molecule has 0 unspecified atom stereocenters. The quantitative estimate of drug-likeness (QED) is 0.375. The number of nitrogens with one attached hydrogen (secondary N) is 1. The Morgan fingerprint density at radius 3 is 3.00 bits per heavy atom. The summed E-state index contributed by atoms with van der Waals surface area (Å²) in [5, 5.41) is 4.09. The molecule has 0 saturated carbocycles. The number of fused-ring (bicyclic) bond motifs is 1. The predicted molar refractivity (Wildman–Crippen MR) is 129 cm³/mol. The molecule has 1 aromatic heterocycles. The number of nitrogen functional groups attached to an aromatic ring is 1. The number of thioether (sulfide) groups is 1. The van der Waals surface area contributed by atoms with Crippen LogP contribution in [-0.4, -0.2) is 53.9 Å². The number of carbonyl (C=O) groups is 1. The number of thiazole rings is 1. The van der Waals surface area contributed by atoms with E-state index in [2.05, 4.69) is 15.2 Å². The maximum atomic E-state index is 12.3. The number of morpholine rings is 1. The summed E-state index contributed by atoms with van der Waals surface area (Å²) in [5.74, 6) is 0.281. The van der Waals surface area contributed by atoms with Gasteiger partial charge in [0.25, 0.3) is 0 Å². The fraction of sp³-hybridized carbons (Fsp3) is 0.333. The second kappa shape index (κ2) is 10.4. The summed E-state index contributed by atoms with van der Waals surface area (Å²) >= 11 is 15.1. The lowest BCUT2D eigenvalue weighted by Crippen LogP contribution is -2.47. The zero-order chi connectivity index (χ0) is 21.8. The van der Waals surface area contributed by atoms with Crippen LogP contribution in [-0.2, 0) is 16.1 Å². The summed E-state index contributed by atoms with van der Waals surface area (Å²) in [6.07, 6.45) is -0.0455. The molecular weight excluding hydrogens is 475 g/mol. The minimum absolute atomic E-state index is 0.0334. The van der Waals surface area contributed by atoms with E-state index in [0.717, 1.165) is 39.8 Å². The van der Waals surface area contributed by atoms with Gasteiger partial charge in [0, 0.05) is 31.9 Å². The number of hydrogen-bond donors (Lipinski definition) is 2. The van der Waals surface area contributed by atoms with Crippen LogP contribution in [0.3, 0.4) is 0 Å². The van der Waals surface area contributed by atoms with Crippen molar-refractivity contribution < 1.29 is 9.53 Å². The molecule has 0 spiro atoms. The van der Waals surface area contributed by atoms with Crippen molar-refractivity contribution in [2.45, 2.75) is 17.0 Å². The van der Waals surface area contributed by atoms with Crippen LogP contribution in [0.4, 0.5) is 5.69 Å². The van der Waals surface area contributed by atoms with E-state index in [1.54, 1.807) is 11.3 Å². The molecule has 3 N–H and O–H groups in total. The van der Waals surface area contributed by atoms with Crippen molar-refractivity contribution in [2.24, 2.45) is 0 Å². The van der Waals surface area contributed by atoms with E-state index in [-0.39, 0.29) is 12.0 Å². The molecule has 4 rings (SSSR count). The van der Waals surface area contributed by atoms with Crippen LogP contribution in [0.25, 0.3) is 10.2 Å². The van der Waals surface area contributed by atoms with Gasteiger partial charge >= 0.3 is 0 Å². The molecule has 2 aromatic carbocycles. The lowest BCUT2D eigenvalue weighted by molar-refractivity contribution is -0.119. The first-order valence-electron chi connectivity index (χ1n) is 9.80. The van der Waals surface area contributed by atoms with Crippen molar-refractivity contribution >= 4 is 68.1 Å². The van der Waals surface area contributed by atoms with Gasteiger partial charge in [0.2, 0.25) is 5.91 Å². The van der Waals surface area contributed by atoms with Gasteiger partial charge in [0.05, 0.1) is 38.7 Å². The third kappa shape index (κ3) is 6.25. The van der Waals surface area contributed by atoms with Gasteiger partial charge < -0.3 is 15.8 Å². The summed E-state index contributed by atoms with van der Waals surface area (Å²) in [7, 11) is 0. The lowest BCUT2D eigenvalue weighted by atomic mass is 10.2. The second-order valence-electron chi connectivity index (χ2n) is 7.28. The number of hydrogen-bond acceptors (Lipinski definition) is 7. The Balaban J connectivity index is 1.22. The summed E-state index contributed by atoms with van der Waals surface area (Å²) < 4.78 is 7.71. The van der Waals surface area contributed by atoms with E-state index in [0.29, 0.717) is 34.6 Å². The molecule has 0 radical (unpaired) electrons. The molecule has 3 aromatic rings. The Labute approximate surface area is 199 Å². The maximum absolute atomic E-state index is 12.3. The number of ether oxygens (including phenoxy) is 1. The zero-order valence-corrected chi connectivity index (χ0v) is 19.8.